The molecule has 3 atom stereocenters. The number of nitrogens with zero attached hydrogens (tertiary/aromatic N) is 1. The Bertz CT molecular complexity index is 428. The highest BCUT2D eigenvalue weighted by molar-refractivity contribution is 6.08. The zero-order valence-corrected chi connectivity index (χ0v) is 12.2. The summed E-state index contributed by atoms with van der Waals surface area (Å²) >= 11 is 0. The second-order valence-corrected chi connectivity index (χ2v) is 6.32. The van der Waals surface area contributed by atoms with Gasteiger partial charge in [0.1, 0.15) is 5.54 Å². The maximum Gasteiger partial charge on any atom is 0.323 e. The van der Waals surface area contributed by atoms with Crippen molar-refractivity contribution in [2.75, 3.05) is 6.54 Å². The fraction of sp³-hybridized carbons (Fsp3) is 0.786. The lowest BCUT2D eigenvalue weighted by Crippen LogP contribution is -2.52. The Morgan fingerprint density at radius 1 is 1.40 bits per heavy atom. The van der Waals surface area contributed by atoms with Gasteiger partial charge in [0.25, 0.3) is 0 Å². The number of hydrogen-bond acceptors (Lipinski definition) is 4. The number of carboxylic acids is 1. The van der Waals surface area contributed by atoms with E-state index in [1.54, 1.807) is 6.92 Å². The first-order valence-electron chi connectivity index (χ1n) is 7.12. The molecular formula is C14H22N2O4. The second-order valence-electron chi connectivity index (χ2n) is 6.32. The predicted octanol–water partition coefficient (Wildman–Crippen LogP) is 0.613. The molecule has 0 radical (unpaired) electrons. The molecule has 0 bridgehead atoms. The fourth-order valence-corrected chi connectivity index (χ4v) is 2.94. The van der Waals surface area contributed by atoms with Crippen LogP contribution in [0.3, 0.4) is 0 Å². The van der Waals surface area contributed by atoms with Crippen LogP contribution in [0.5, 0.6) is 0 Å². The molecule has 1 saturated carbocycles. The minimum absolute atomic E-state index is 0.0544. The van der Waals surface area contributed by atoms with Crippen molar-refractivity contribution in [2.24, 2.45) is 11.8 Å². The Kier molecular flexibility index (Phi) is 3.86. The van der Waals surface area contributed by atoms with Gasteiger partial charge in [0, 0.05) is 12.6 Å². The summed E-state index contributed by atoms with van der Waals surface area (Å²) in [5.41, 5.74) is -1.02. The van der Waals surface area contributed by atoms with Gasteiger partial charge in [-0.1, -0.05) is 0 Å². The van der Waals surface area contributed by atoms with Gasteiger partial charge in [-0.3, -0.25) is 24.6 Å². The molecule has 0 aromatic heterocycles. The van der Waals surface area contributed by atoms with Crippen molar-refractivity contribution in [3.63, 3.8) is 0 Å². The van der Waals surface area contributed by atoms with Crippen LogP contribution in [0, 0.1) is 11.8 Å². The van der Waals surface area contributed by atoms with Gasteiger partial charge in [0.15, 0.2) is 0 Å². The molecule has 0 aromatic rings. The van der Waals surface area contributed by atoms with Gasteiger partial charge in [0.2, 0.25) is 11.8 Å². The molecule has 2 fully saturated rings. The van der Waals surface area contributed by atoms with E-state index in [1.807, 2.05) is 13.8 Å². The molecular weight excluding hydrogens is 260 g/mol. The van der Waals surface area contributed by atoms with Crippen LogP contribution in [-0.4, -0.2) is 45.9 Å². The molecule has 3 unspecified atom stereocenters. The smallest absolute Gasteiger partial charge is 0.323 e. The molecule has 2 aliphatic rings. The van der Waals surface area contributed by atoms with Crippen LogP contribution in [0.2, 0.25) is 0 Å². The van der Waals surface area contributed by atoms with Gasteiger partial charge in [-0.25, -0.2) is 0 Å². The van der Waals surface area contributed by atoms with Crippen molar-refractivity contribution in [1.82, 2.24) is 10.2 Å². The van der Waals surface area contributed by atoms with E-state index < -0.39 is 11.5 Å². The van der Waals surface area contributed by atoms with Crippen LogP contribution in [0.25, 0.3) is 0 Å². The molecule has 6 nitrogen and oxygen atoms in total. The maximum atomic E-state index is 11.8. The summed E-state index contributed by atoms with van der Waals surface area (Å²) in [6, 6.07) is 0.0544. The molecule has 1 aliphatic carbocycles. The predicted molar refractivity (Wildman–Crippen MR) is 71.9 cm³/mol. The third-order valence-electron chi connectivity index (χ3n) is 4.09. The van der Waals surface area contributed by atoms with Crippen LogP contribution in [-0.2, 0) is 14.4 Å². The maximum absolute atomic E-state index is 11.8. The number of hydrogen-bond donors (Lipinski definition) is 2. The van der Waals surface area contributed by atoms with E-state index in [1.165, 1.54) is 4.90 Å². The molecule has 112 valence electrons. The quantitative estimate of drug-likeness (QED) is 0.668. The number of imide groups is 1. The molecule has 1 saturated heterocycles. The Morgan fingerprint density at radius 2 is 1.95 bits per heavy atom. The van der Waals surface area contributed by atoms with Gasteiger partial charge in [0.05, 0.1) is 11.8 Å². The fourth-order valence-electron chi connectivity index (χ4n) is 2.94. The Labute approximate surface area is 118 Å². The van der Waals surface area contributed by atoms with Crippen molar-refractivity contribution < 1.29 is 19.5 Å². The minimum atomic E-state index is -1.02. The highest BCUT2D eigenvalue weighted by Gasteiger charge is 2.58. The van der Waals surface area contributed by atoms with E-state index in [9.17, 15) is 19.5 Å². The molecule has 1 aliphatic heterocycles. The van der Waals surface area contributed by atoms with Crippen LogP contribution in [0.1, 0.15) is 40.0 Å². The standard InChI is InChI=1S/C14H22N2O4/c1-8(2)15-14(3,13(19)20)5-4-6-16-11(17)9-7-10(9)12(16)18/h8-10,15H,4-7H2,1-3H3,(H,19,20). The highest BCUT2D eigenvalue weighted by atomic mass is 16.4. The Balaban J connectivity index is 1.86. The normalized spacial score (nSPS) is 27.7. The van der Waals surface area contributed by atoms with Crippen LogP contribution in [0.15, 0.2) is 0 Å². The topological polar surface area (TPSA) is 86.7 Å². The van der Waals surface area contributed by atoms with Crippen LogP contribution >= 0.6 is 0 Å². The molecule has 6 heteroatoms. The number of fused-ring (bicyclic) bond motifs is 1. The van der Waals surface area contributed by atoms with E-state index in [-0.39, 0.29) is 29.7 Å². The number of nitrogens with one attached hydrogen (secondary N) is 1. The molecule has 20 heavy (non-hydrogen) atoms. The first kappa shape index (κ1) is 15.0. The van der Waals surface area contributed by atoms with Crippen molar-refractivity contribution >= 4 is 17.8 Å². The number of likely N-dealkylation sites (tertiary alicyclic amines) is 1. The molecule has 2 rings (SSSR count). The number of aliphatic carboxylic acids is 1. The van der Waals surface area contributed by atoms with E-state index in [0.29, 0.717) is 25.8 Å². The van der Waals surface area contributed by atoms with Crippen molar-refractivity contribution in [3.8, 4) is 0 Å². The monoisotopic (exact) mass is 282 g/mol. The van der Waals surface area contributed by atoms with E-state index >= 15 is 0 Å². The largest absolute Gasteiger partial charge is 0.480 e. The third-order valence-corrected chi connectivity index (χ3v) is 4.09. The highest BCUT2D eigenvalue weighted by Crippen LogP contribution is 2.46. The van der Waals surface area contributed by atoms with Gasteiger partial charge >= 0.3 is 5.97 Å². The summed E-state index contributed by atoms with van der Waals surface area (Å²) in [5, 5.41) is 12.3. The Morgan fingerprint density at radius 3 is 2.40 bits per heavy atom. The zero-order chi connectivity index (χ0) is 15.1. The lowest BCUT2D eigenvalue weighted by atomic mass is 9.94. The molecule has 2 N–H and O–H groups in total. The molecule has 2 amide bonds. The summed E-state index contributed by atoms with van der Waals surface area (Å²) in [5.74, 6) is -1.22. The first-order valence-corrected chi connectivity index (χ1v) is 7.12. The summed E-state index contributed by atoms with van der Waals surface area (Å²) in [6.07, 6.45) is 1.59. The first-order chi connectivity index (χ1) is 9.26. The van der Waals surface area contributed by atoms with Gasteiger partial charge in [-0.2, -0.15) is 0 Å². The van der Waals surface area contributed by atoms with Crippen molar-refractivity contribution in [2.45, 2.75) is 51.6 Å². The zero-order valence-electron chi connectivity index (χ0n) is 12.2. The number of rotatable bonds is 7. The minimum Gasteiger partial charge on any atom is -0.480 e. The molecule has 1 heterocycles. The molecule has 0 spiro atoms. The summed E-state index contributed by atoms with van der Waals surface area (Å²) in [4.78, 5) is 36.3. The average molecular weight is 282 g/mol. The SMILES string of the molecule is CC(C)NC(C)(CCCN1C(=O)C2CC2C1=O)C(=O)O. The molecule has 0 aromatic carbocycles. The third kappa shape index (κ3) is 2.70. The number of carboxylic acid groups (broad SMARTS) is 1. The summed E-state index contributed by atoms with van der Waals surface area (Å²) < 4.78 is 0. The average Bonchev–Trinajstić information content (AvgIpc) is 3.07. The van der Waals surface area contributed by atoms with Gasteiger partial charge in [-0.15, -0.1) is 0 Å². The van der Waals surface area contributed by atoms with Crippen molar-refractivity contribution in [3.05, 3.63) is 0 Å². The number of amides is 2. The lowest BCUT2D eigenvalue weighted by Gasteiger charge is -2.29. The lowest BCUT2D eigenvalue weighted by molar-refractivity contribution is -0.144. The van der Waals surface area contributed by atoms with E-state index in [4.69, 9.17) is 0 Å². The summed E-state index contributed by atoms with van der Waals surface area (Å²) in [7, 11) is 0. The van der Waals surface area contributed by atoms with E-state index in [2.05, 4.69) is 5.32 Å². The van der Waals surface area contributed by atoms with Gasteiger partial charge < -0.3 is 5.11 Å². The van der Waals surface area contributed by atoms with Gasteiger partial charge in [-0.05, 0) is 40.0 Å². The number of carbonyl (C=O) groups excluding carboxylic acids is 2. The second kappa shape index (κ2) is 5.16. The Hall–Kier alpha value is -1.43. The van der Waals surface area contributed by atoms with E-state index in [0.717, 1.165) is 0 Å². The van der Waals surface area contributed by atoms with Crippen LogP contribution < -0.4 is 5.32 Å². The summed E-state index contributed by atoms with van der Waals surface area (Å²) in [6.45, 7) is 5.75. The number of piperidine rings is 1. The number of carbonyl (C=O) groups is 3. The van der Waals surface area contributed by atoms with Crippen LogP contribution in [0.4, 0.5) is 0 Å². The van der Waals surface area contributed by atoms with Crippen molar-refractivity contribution in [1.29, 1.82) is 0 Å².